The molecule has 0 spiro atoms. The van der Waals surface area contributed by atoms with Gasteiger partial charge in [-0.2, -0.15) is 35.3 Å². The molecule has 0 aromatic rings. The molecule has 0 amide bonds. The minimum Gasteiger partial charge on any atom is -0.616 e. The number of hydrogen-bond donors (Lipinski definition) is 1. The Kier molecular flexibility index (Phi) is 35.4. The molecule has 0 aliphatic heterocycles. The van der Waals surface area contributed by atoms with Crippen LogP contribution in [0.25, 0.3) is 0 Å². The second kappa shape index (κ2) is 32.6. The van der Waals surface area contributed by atoms with Crippen molar-refractivity contribution in [2.24, 2.45) is 0 Å². The smallest absolute Gasteiger partial charge is 0.190 e. The van der Waals surface area contributed by atoms with E-state index in [9.17, 15) is 14.1 Å². The molecule has 0 fully saturated rings. The average Bonchev–Trinajstić information content (AvgIpc) is 2.86. The third-order valence-electron chi connectivity index (χ3n) is 3.65. The van der Waals surface area contributed by atoms with E-state index in [-0.39, 0.29) is 11.7 Å². The topological polar surface area (TPSA) is 77.4 Å². The Morgan fingerprint density at radius 3 is 1.69 bits per heavy atom. The summed E-state index contributed by atoms with van der Waals surface area (Å²) in [6.07, 6.45) is 2.26. The summed E-state index contributed by atoms with van der Waals surface area (Å²) in [6, 6.07) is 0. The van der Waals surface area contributed by atoms with Crippen molar-refractivity contribution in [1.82, 2.24) is 0 Å². The lowest BCUT2D eigenvalue weighted by Gasteiger charge is -2.09. The molecule has 0 aliphatic carbocycles. The van der Waals surface area contributed by atoms with Gasteiger partial charge in [0.1, 0.15) is 11.5 Å². The van der Waals surface area contributed by atoms with Gasteiger partial charge in [0.15, 0.2) is 10.2 Å². The van der Waals surface area contributed by atoms with Crippen LogP contribution in [-0.2, 0) is 20.8 Å². The summed E-state index contributed by atoms with van der Waals surface area (Å²) >= 11 is 16.8. The van der Waals surface area contributed by atoms with E-state index in [1.54, 1.807) is 23.5 Å². The van der Waals surface area contributed by atoms with Crippen LogP contribution in [0.5, 0.6) is 0 Å². The molecule has 0 heterocycles. The fourth-order valence-corrected chi connectivity index (χ4v) is 14.7. The van der Waals surface area contributed by atoms with Crippen molar-refractivity contribution >= 4 is 139 Å². The van der Waals surface area contributed by atoms with Gasteiger partial charge in [0, 0.05) is 77.9 Å². The van der Waals surface area contributed by atoms with E-state index < -0.39 is 11.2 Å². The minimum absolute atomic E-state index is 0.216. The van der Waals surface area contributed by atoms with Crippen LogP contribution < -0.4 is 0 Å². The van der Waals surface area contributed by atoms with Crippen LogP contribution >= 0.6 is 118 Å². The first kappa shape index (κ1) is 39.1. The Morgan fingerprint density at radius 2 is 1.11 bits per heavy atom. The molecular weight excluding hydrogens is 669 g/mol. The van der Waals surface area contributed by atoms with Crippen molar-refractivity contribution in [1.29, 1.82) is 0 Å². The molecule has 4 nitrogen and oxygen atoms in total. The summed E-state index contributed by atoms with van der Waals surface area (Å²) in [4.78, 5) is 23.8. The quantitative estimate of drug-likeness (QED) is 0.0513. The van der Waals surface area contributed by atoms with Gasteiger partial charge in [-0.25, -0.2) is 0 Å². The fourth-order valence-electron chi connectivity index (χ4n) is 2.01. The molecule has 0 radical (unpaired) electrons. The molecule has 214 valence electrons. The molecular formula is C21H40O4S11. The lowest BCUT2D eigenvalue weighted by atomic mass is 10.5. The van der Waals surface area contributed by atoms with Gasteiger partial charge in [-0.15, -0.1) is 58.8 Å². The second-order valence-corrected chi connectivity index (χ2v) is 21.2. The van der Waals surface area contributed by atoms with Crippen LogP contribution in [0.4, 0.5) is 0 Å². The van der Waals surface area contributed by atoms with Gasteiger partial charge in [-0.3, -0.25) is 9.59 Å². The van der Waals surface area contributed by atoms with E-state index in [1.165, 1.54) is 23.5 Å². The Hall–Kier alpha value is 3.11. The van der Waals surface area contributed by atoms with Crippen LogP contribution in [0.2, 0.25) is 0 Å². The Bertz CT molecular complexity index is 506. The molecule has 0 aliphatic rings. The Morgan fingerprint density at radius 1 is 0.611 bits per heavy atom. The van der Waals surface area contributed by atoms with Crippen LogP contribution in [0.3, 0.4) is 0 Å². The normalized spacial score (nSPS) is 12.2. The SMILES string of the molecule is CCC[S+]([O-])CCSCSCSCCSC(=O)CCSCSCSCCC(=O)SCSCSCCO. The van der Waals surface area contributed by atoms with Gasteiger partial charge in [-0.05, 0) is 6.42 Å². The zero-order chi connectivity index (χ0) is 26.5. The highest BCUT2D eigenvalue weighted by molar-refractivity contribution is 8.27. The first-order valence-electron chi connectivity index (χ1n) is 11.5. The zero-order valence-electron chi connectivity index (χ0n) is 20.9. The molecule has 0 aromatic carbocycles. The number of carbonyl (C=O) groups excluding carboxylic acids is 2. The van der Waals surface area contributed by atoms with Gasteiger partial charge < -0.3 is 9.66 Å². The van der Waals surface area contributed by atoms with E-state index in [0.717, 1.165) is 83.0 Å². The van der Waals surface area contributed by atoms with Crippen LogP contribution in [0.15, 0.2) is 0 Å². The summed E-state index contributed by atoms with van der Waals surface area (Å²) in [5.74, 6) is 7.05. The molecule has 36 heavy (non-hydrogen) atoms. The predicted molar refractivity (Wildman–Crippen MR) is 189 cm³/mol. The van der Waals surface area contributed by atoms with E-state index in [2.05, 4.69) is 6.92 Å². The highest BCUT2D eigenvalue weighted by atomic mass is 32.2. The lowest BCUT2D eigenvalue weighted by molar-refractivity contribution is -0.111. The largest absolute Gasteiger partial charge is 0.616 e. The third-order valence-corrected chi connectivity index (χ3v) is 17.4. The average molecular weight is 709 g/mol. The van der Waals surface area contributed by atoms with Gasteiger partial charge in [0.25, 0.3) is 0 Å². The maximum absolute atomic E-state index is 12.0. The maximum atomic E-state index is 12.0. The molecule has 1 N–H and O–H groups in total. The van der Waals surface area contributed by atoms with E-state index in [1.807, 2.05) is 70.6 Å². The highest BCUT2D eigenvalue weighted by Crippen LogP contribution is 2.23. The van der Waals surface area contributed by atoms with Crippen molar-refractivity contribution in [2.45, 2.75) is 26.2 Å². The van der Waals surface area contributed by atoms with Gasteiger partial charge in [0.05, 0.1) is 6.61 Å². The number of rotatable bonds is 28. The molecule has 15 heteroatoms. The van der Waals surface area contributed by atoms with Crippen LogP contribution in [-0.4, -0.2) is 103 Å². The Balaban J connectivity index is 3.27. The molecule has 0 bridgehead atoms. The minimum atomic E-state index is -0.636. The standard InChI is InChI=1S/C21H40O4S11/c1-2-12-36(25)13-11-30-18-32-17-29-9-10-34-20(23)3-6-26-14-31-15-27-7-4-21(24)35-19-33-16-28-8-5-22/h22H,2-19H2,1H3. The number of hydrogen-bond acceptors (Lipinski definition) is 14. The van der Waals surface area contributed by atoms with E-state index in [4.69, 9.17) is 5.11 Å². The third kappa shape index (κ3) is 31.6. The van der Waals surface area contributed by atoms with Crippen molar-refractivity contribution < 1.29 is 19.2 Å². The molecule has 1 unspecified atom stereocenters. The number of aliphatic hydroxyl groups excluding tert-OH is 1. The summed E-state index contributed by atoms with van der Waals surface area (Å²) in [7, 11) is 0. The zero-order valence-corrected chi connectivity index (χ0v) is 29.9. The maximum Gasteiger partial charge on any atom is 0.190 e. The summed E-state index contributed by atoms with van der Waals surface area (Å²) in [5.41, 5.74) is 0. The van der Waals surface area contributed by atoms with Crippen molar-refractivity contribution in [2.75, 3.05) is 83.1 Å². The van der Waals surface area contributed by atoms with E-state index >= 15 is 0 Å². The summed E-state index contributed by atoms with van der Waals surface area (Å²) in [6.45, 7) is 2.29. The van der Waals surface area contributed by atoms with Gasteiger partial charge in [0.2, 0.25) is 0 Å². The molecule has 0 aromatic heterocycles. The first-order chi connectivity index (χ1) is 17.6. The molecule has 0 saturated carbocycles. The predicted octanol–water partition coefficient (Wildman–Crippen LogP) is 7.05. The van der Waals surface area contributed by atoms with Crippen molar-refractivity contribution in [3.8, 4) is 0 Å². The summed E-state index contributed by atoms with van der Waals surface area (Å²) in [5, 5.41) is 15.1. The van der Waals surface area contributed by atoms with E-state index in [0.29, 0.717) is 18.0 Å². The fraction of sp³-hybridized carbons (Fsp3) is 0.905. The summed E-state index contributed by atoms with van der Waals surface area (Å²) < 4.78 is 11.6. The molecule has 0 saturated heterocycles. The molecule has 1 atom stereocenters. The number of aliphatic hydroxyl groups is 1. The van der Waals surface area contributed by atoms with Crippen molar-refractivity contribution in [3.63, 3.8) is 0 Å². The number of carbonyl (C=O) groups is 2. The first-order valence-corrected chi connectivity index (χ1v) is 24.2. The molecule has 0 rings (SSSR count). The highest BCUT2D eigenvalue weighted by Gasteiger charge is 2.06. The van der Waals surface area contributed by atoms with Crippen molar-refractivity contribution in [3.05, 3.63) is 0 Å². The van der Waals surface area contributed by atoms with Crippen LogP contribution in [0, 0.1) is 0 Å². The number of thioether (sulfide) groups is 10. The van der Waals surface area contributed by atoms with Crippen LogP contribution in [0.1, 0.15) is 26.2 Å². The Labute approximate surface area is 264 Å². The van der Waals surface area contributed by atoms with Gasteiger partial charge in [-0.1, -0.05) is 41.6 Å². The monoisotopic (exact) mass is 708 g/mol. The lowest BCUT2D eigenvalue weighted by Crippen LogP contribution is -2.12. The second-order valence-electron chi connectivity index (χ2n) is 6.67. The van der Waals surface area contributed by atoms with Gasteiger partial charge >= 0.3 is 0 Å².